The lowest BCUT2D eigenvalue weighted by Gasteiger charge is -2.15. The third-order valence-corrected chi connectivity index (χ3v) is 6.78. The topological polar surface area (TPSA) is 145 Å². The van der Waals surface area contributed by atoms with Crippen molar-refractivity contribution in [2.75, 3.05) is 60.7 Å². The highest BCUT2D eigenvalue weighted by Gasteiger charge is 2.22. The average Bonchev–Trinajstić information content (AvgIpc) is 3.11. The zero-order valence-corrected chi connectivity index (χ0v) is 23.7. The second kappa shape index (κ2) is 16.0. The number of benzene rings is 2. The molecule has 2 aromatic carbocycles. The summed E-state index contributed by atoms with van der Waals surface area (Å²) in [4.78, 5) is 25.1. The van der Waals surface area contributed by atoms with Gasteiger partial charge in [0.15, 0.2) is 5.58 Å². The van der Waals surface area contributed by atoms with E-state index in [0.717, 1.165) is 12.1 Å². The minimum Gasteiger partial charge on any atom is -0.408 e. The van der Waals surface area contributed by atoms with Crippen LogP contribution in [0, 0.1) is 17.1 Å². The quantitative estimate of drug-likeness (QED) is 0.353. The number of methoxy groups -OCH3 is 2. The molecule has 0 saturated carbocycles. The summed E-state index contributed by atoms with van der Waals surface area (Å²) in [6.07, 6.45) is 0.154. The Labute approximate surface area is 238 Å². The fourth-order valence-electron chi connectivity index (χ4n) is 4.25. The number of hydrogen-bond donors (Lipinski definition) is 2. The number of halogens is 1. The molecule has 3 aromatic rings. The third kappa shape index (κ3) is 9.21. The number of fused-ring (bicyclic) bond motifs is 1. The molecule has 222 valence electrons. The Morgan fingerprint density at radius 3 is 2.66 bits per heavy atom. The van der Waals surface area contributed by atoms with Gasteiger partial charge < -0.3 is 34.6 Å². The Kier molecular flexibility index (Phi) is 12.5. The van der Waals surface area contributed by atoms with Gasteiger partial charge in [-0.2, -0.15) is 5.26 Å². The van der Waals surface area contributed by atoms with Crippen molar-refractivity contribution in [2.45, 2.75) is 31.6 Å². The van der Waals surface area contributed by atoms with Crippen molar-refractivity contribution in [2.24, 2.45) is 5.73 Å². The Morgan fingerprint density at radius 2 is 1.98 bits per heavy atom. The number of aryl methyl sites for hydroxylation is 1. The van der Waals surface area contributed by atoms with E-state index in [-0.39, 0.29) is 18.3 Å². The van der Waals surface area contributed by atoms with Crippen molar-refractivity contribution in [1.82, 2.24) is 14.8 Å². The van der Waals surface area contributed by atoms with Crippen LogP contribution in [0.15, 0.2) is 45.6 Å². The van der Waals surface area contributed by atoms with E-state index in [9.17, 15) is 14.0 Å². The number of nitrogens with zero attached hydrogens (tertiary/aromatic N) is 3. The van der Waals surface area contributed by atoms with Crippen LogP contribution in [-0.2, 0) is 32.0 Å². The molecule has 1 aliphatic heterocycles. The van der Waals surface area contributed by atoms with E-state index in [4.69, 9.17) is 29.6 Å². The van der Waals surface area contributed by atoms with Crippen LogP contribution in [0.1, 0.15) is 12.0 Å². The van der Waals surface area contributed by atoms with Gasteiger partial charge in [0.1, 0.15) is 11.9 Å². The molecule has 11 nitrogen and oxygen atoms in total. The van der Waals surface area contributed by atoms with Crippen molar-refractivity contribution < 1.29 is 27.8 Å². The van der Waals surface area contributed by atoms with Crippen LogP contribution in [0.5, 0.6) is 0 Å². The first-order chi connectivity index (χ1) is 19.8. The molecule has 2 atom stereocenters. The second-order valence-corrected chi connectivity index (χ2v) is 9.70. The van der Waals surface area contributed by atoms with Crippen LogP contribution in [-0.4, -0.2) is 88.2 Å². The molecule has 0 aliphatic carbocycles. The maximum Gasteiger partial charge on any atom is 0.419 e. The highest BCUT2D eigenvalue weighted by molar-refractivity contribution is 5.81. The molecule has 0 radical (unpaired) electrons. The van der Waals surface area contributed by atoms with Crippen LogP contribution in [0.3, 0.4) is 0 Å². The molecule has 1 aliphatic rings. The van der Waals surface area contributed by atoms with E-state index in [2.05, 4.69) is 10.2 Å². The first-order valence-corrected chi connectivity index (χ1v) is 13.4. The van der Waals surface area contributed by atoms with Gasteiger partial charge >= 0.3 is 5.76 Å². The maximum atomic E-state index is 14.4. The largest absolute Gasteiger partial charge is 0.419 e. The first-order valence-electron chi connectivity index (χ1n) is 13.4. The average molecular weight is 572 g/mol. The van der Waals surface area contributed by atoms with Crippen molar-refractivity contribution >= 4 is 17.0 Å². The van der Waals surface area contributed by atoms with Gasteiger partial charge in [0, 0.05) is 53.4 Å². The summed E-state index contributed by atoms with van der Waals surface area (Å²) < 4.78 is 36.7. The van der Waals surface area contributed by atoms with Crippen molar-refractivity contribution in [1.29, 1.82) is 5.26 Å². The van der Waals surface area contributed by atoms with E-state index < -0.39 is 17.8 Å². The van der Waals surface area contributed by atoms with Gasteiger partial charge in [-0.3, -0.25) is 9.36 Å². The fourth-order valence-corrected chi connectivity index (χ4v) is 4.25. The Hall–Kier alpha value is -3.60. The number of likely N-dealkylation sites (N-methyl/N-ethyl adjacent to an activating group) is 1. The molecule has 1 amide bonds. The van der Waals surface area contributed by atoms with Gasteiger partial charge in [-0.1, -0.05) is 18.2 Å². The standard InChI is InChI=1S/C22H24FN3O3.C7H14N2O3/c1-25(12-13-28-2)10-11-26-20-15-18(7-8-21(20)29-22(26)27)17-6-5-16(4-3-9-24)19(23)14-17;1-11-5-2-9-3-6(7(8)10)12-4-5/h5-8,14-15H,3-4,10-13H2,1-2H3;5-6,9H,2-4H2,1H3,(H2,8,10). The highest BCUT2D eigenvalue weighted by atomic mass is 19.1. The molecule has 12 heteroatoms. The smallest absolute Gasteiger partial charge is 0.408 e. The minimum atomic E-state index is -0.523. The van der Waals surface area contributed by atoms with E-state index >= 15 is 0 Å². The summed E-state index contributed by atoms with van der Waals surface area (Å²) in [5, 5.41) is 11.7. The van der Waals surface area contributed by atoms with Crippen molar-refractivity contribution in [3.8, 4) is 17.2 Å². The molecule has 1 aromatic heterocycles. The normalized spacial score (nSPS) is 17.1. The predicted octanol–water partition coefficient (Wildman–Crippen LogP) is 1.91. The molecule has 3 N–H and O–H groups in total. The molecular weight excluding hydrogens is 533 g/mol. The summed E-state index contributed by atoms with van der Waals surface area (Å²) in [5.74, 6) is -1.17. The number of rotatable bonds is 11. The van der Waals surface area contributed by atoms with Gasteiger partial charge in [-0.05, 0) is 48.4 Å². The highest BCUT2D eigenvalue weighted by Crippen LogP contribution is 2.26. The SMILES string of the molecule is COC1CNCC(C(N)=O)OC1.COCCN(C)CCn1c(=O)oc2ccc(-c3ccc(CCC#N)c(F)c3)cc21. The summed E-state index contributed by atoms with van der Waals surface area (Å²) >= 11 is 0. The number of nitrogens with two attached hydrogens (primary N) is 1. The van der Waals surface area contributed by atoms with Gasteiger partial charge in [-0.25, -0.2) is 9.18 Å². The van der Waals surface area contributed by atoms with Gasteiger partial charge in [0.2, 0.25) is 5.91 Å². The van der Waals surface area contributed by atoms with Crippen molar-refractivity contribution in [3.63, 3.8) is 0 Å². The number of amides is 1. The zero-order valence-electron chi connectivity index (χ0n) is 23.7. The summed E-state index contributed by atoms with van der Waals surface area (Å²) in [6.45, 7) is 4.12. The maximum absolute atomic E-state index is 14.4. The van der Waals surface area contributed by atoms with Crippen LogP contribution in [0.25, 0.3) is 22.2 Å². The minimum absolute atomic E-state index is 0.00866. The number of nitriles is 1. The van der Waals surface area contributed by atoms with Crippen LogP contribution in [0.4, 0.5) is 4.39 Å². The molecular formula is C29H38FN5O6. The number of primary amides is 1. The number of ether oxygens (including phenoxy) is 3. The molecule has 0 spiro atoms. The summed E-state index contributed by atoms with van der Waals surface area (Å²) in [5.41, 5.74) is 8.30. The molecule has 0 bridgehead atoms. The second-order valence-electron chi connectivity index (χ2n) is 9.70. The van der Waals surface area contributed by atoms with Crippen LogP contribution in [0.2, 0.25) is 0 Å². The number of carbonyl (C=O) groups is 1. The van der Waals surface area contributed by atoms with Crippen molar-refractivity contribution in [3.05, 3.63) is 58.3 Å². The van der Waals surface area contributed by atoms with E-state index in [1.165, 1.54) is 6.07 Å². The zero-order chi connectivity index (χ0) is 29.8. The Morgan fingerprint density at radius 1 is 1.22 bits per heavy atom. The molecule has 2 unspecified atom stereocenters. The number of hydrogen-bond acceptors (Lipinski definition) is 9. The Bertz CT molecular complexity index is 1380. The lowest BCUT2D eigenvalue weighted by atomic mass is 10.0. The molecule has 41 heavy (non-hydrogen) atoms. The number of aromatic nitrogens is 1. The lowest BCUT2D eigenvalue weighted by molar-refractivity contribution is -0.130. The number of nitrogens with one attached hydrogen (secondary N) is 1. The summed E-state index contributed by atoms with van der Waals surface area (Å²) in [6, 6.07) is 12.4. The fraction of sp³-hybridized carbons (Fsp3) is 0.483. The van der Waals surface area contributed by atoms with Crippen LogP contribution >= 0.6 is 0 Å². The van der Waals surface area contributed by atoms with Gasteiger partial charge in [-0.15, -0.1) is 0 Å². The summed E-state index contributed by atoms with van der Waals surface area (Å²) in [7, 11) is 5.23. The molecule has 2 heterocycles. The molecule has 4 rings (SSSR count). The predicted molar refractivity (Wildman–Crippen MR) is 152 cm³/mol. The Balaban J connectivity index is 0.000000322. The van der Waals surface area contributed by atoms with E-state index in [1.807, 2.05) is 31.3 Å². The monoisotopic (exact) mass is 571 g/mol. The van der Waals surface area contributed by atoms with Crippen LogP contribution < -0.4 is 16.8 Å². The lowest BCUT2D eigenvalue weighted by Crippen LogP contribution is -2.37. The molecule has 1 saturated heterocycles. The molecule has 1 fully saturated rings. The number of oxazole rings is 1. The van der Waals surface area contributed by atoms with E-state index in [0.29, 0.717) is 68.0 Å². The van der Waals surface area contributed by atoms with Gasteiger partial charge in [0.05, 0.1) is 30.9 Å². The first kappa shape index (κ1) is 31.9. The number of carbonyl (C=O) groups excluding carboxylic acids is 1. The van der Waals surface area contributed by atoms with Gasteiger partial charge in [0.25, 0.3) is 0 Å². The third-order valence-electron chi connectivity index (χ3n) is 6.78. The van der Waals surface area contributed by atoms with E-state index in [1.54, 1.807) is 30.9 Å².